The van der Waals surface area contributed by atoms with E-state index >= 15 is 0 Å². The van der Waals surface area contributed by atoms with Crippen molar-refractivity contribution < 1.29 is 0 Å². The number of hydrogen-bond acceptors (Lipinski definition) is 0. The molecule has 0 amide bonds. The normalized spacial score (nSPS) is 11.0. The fraction of sp³-hybridized carbons (Fsp3) is 0.565. The smallest absolute Gasteiger partial charge is 0.0201 e. The van der Waals surface area contributed by atoms with Gasteiger partial charge in [-0.3, -0.25) is 0 Å². The fourth-order valence-electron chi connectivity index (χ4n) is 2.39. The van der Waals surface area contributed by atoms with Crippen molar-refractivity contribution >= 4 is 5.57 Å². The summed E-state index contributed by atoms with van der Waals surface area (Å²) >= 11 is 0. The first kappa shape index (κ1) is 21.7. The third-order valence-electron chi connectivity index (χ3n) is 5.07. The van der Waals surface area contributed by atoms with Gasteiger partial charge in [0.15, 0.2) is 0 Å². The summed E-state index contributed by atoms with van der Waals surface area (Å²) in [5, 5.41) is 0. The van der Waals surface area contributed by atoms with Crippen LogP contribution in [0, 0.1) is 32.1 Å². The Morgan fingerprint density at radius 1 is 1.00 bits per heavy atom. The molecule has 0 aliphatic carbocycles. The Balaban J connectivity index is 0.000000423. The van der Waals surface area contributed by atoms with Crippen LogP contribution in [-0.4, -0.2) is 0 Å². The lowest BCUT2D eigenvalue weighted by Crippen LogP contribution is -2.19. The van der Waals surface area contributed by atoms with Gasteiger partial charge in [0.05, 0.1) is 0 Å². The molecule has 0 heterocycles. The van der Waals surface area contributed by atoms with Crippen molar-refractivity contribution in [3.8, 4) is 0 Å². The molecule has 0 aliphatic rings. The van der Waals surface area contributed by atoms with Crippen molar-refractivity contribution in [1.82, 2.24) is 0 Å². The van der Waals surface area contributed by atoms with Gasteiger partial charge in [-0.15, -0.1) is 0 Å². The summed E-state index contributed by atoms with van der Waals surface area (Å²) in [6.07, 6.45) is 2.29. The van der Waals surface area contributed by atoms with E-state index in [-0.39, 0.29) is 0 Å². The van der Waals surface area contributed by atoms with E-state index in [1.54, 1.807) is 0 Å². The molecule has 0 bridgehead atoms. The highest BCUT2D eigenvalue weighted by molar-refractivity contribution is 5.65. The molecule has 0 saturated carbocycles. The van der Waals surface area contributed by atoms with E-state index in [1.807, 2.05) is 0 Å². The molecule has 0 atom stereocenters. The summed E-state index contributed by atoms with van der Waals surface area (Å²) in [6, 6.07) is 4.44. The highest BCUT2D eigenvalue weighted by atomic mass is 14.3. The first-order chi connectivity index (χ1) is 10.4. The summed E-state index contributed by atoms with van der Waals surface area (Å²) in [5.41, 5.74) is 8.27. The summed E-state index contributed by atoms with van der Waals surface area (Å²) in [7, 11) is 0. The standard InChI is InChI=1S/C12H16.C11H22/c1-8(2)12-7-10(4)9(3)6-11(12)5;1-7-10(4)8-11(5,6)9(2)3/h6-7H,1H2,2-5H3;9H,4,7-8H2,1-3,5-6H3. The average Bonchev–Trinajstić information content (AvgIpc) is 2.42. The van der Waals surface area contributed by atoms with E-state index in [1.165, 1.54) is 34.2 Å². The molecule has 1 aromatic rings. The van der Waals surface area contributed by atoms with Crippen LogP contribution in [0.2, 0.25) is 0 Å². The van der Waals surface area contributed by atoms with Crippen LogP contribution in [0.3, 0.4) is 0 Å². The van der Waals surface area contributed by atoms with Crippen molar-refractivity contribution in [2.75, 3.05) is 0 Å². The van der Waals surface area contributed by atoms with E-state index in [0.29, 0.717) is 5.41 Å². The van der Waals surface area contributed by atoms with E-state index in [4.69, 9.17) is 0 Å². The number of aryl methyl sites for hydroxylation is 3. The molecule has 0 fully saturated rings. The molecule has 0 radical (unpaired) electrons. The highest BCUT2D eigenvalue weighted by Gasteiger charge is 2.22. The Bertz CT molecular complexity index is 541. The number of hydrogen-bond donors (Lipinski definition) is 0. The minimum Gasteiger partial charge on any atom is -0.0999 e. The van der Waals surface area contributed by atoms with Gasteiger partial charge in [-0.1, -0.05) is 71.1 Å². The van der Waals surface area contributed by atoms with Crippen molar-refractivity contribution in [2.45, 2.75) is 75.2 Å². The second kappa shape index (κ2) is 9.11. The lowest BCUT2D eigenvalue weighted by atomic mass is 9.76. The molecular formula is C23H38. The first-order valence-corrected chi connectivity index (χ1v) is 8.82. The molecule has 130 valence electrons. The van der Waals surface area contributed by atoms with Crippen LogP contribution >= 0.6 is 0 Å². The van der Waals surface area contributed by atoms with Gasteiger partial charge in [0.2, 0.25) is 0 Å². The largest absolute Gasteiger partial charge is 0.0999 e. The Morgan fingerprint density at radius 2 is 1.48 bits per heavy atom. The molecule has 1 rings (SSSR count). The maximum Gasteiger partial charge on any atom is -0.0201 e. The van der Waals surface area contributed by atoms with Gasteiger partial charge in [-0.25, -0.2) is 0 Å². The molecular weight excluding hydrogens is 276 g/mol. The van der Waals surface area contributed by atoms with E-state index in [2.05, 4.69) is 87.6 Å². The van der Waals surface area contributed by atoms with Gasteiger partial charge in [0.25, 0.3) is 0 Å². The zero-order valence-electron chi connectivity index (χ0n) is 17.1. The molecule has 0 N–H and O–H groups in total. The monoisotopic (exact) mass is 314 g/mol. The predicted molar refractivity (Wildman–Crippen MR) is 108 cm³/mol. The third kappa shape index (κ3) is 7.20. The zero-order chi connectivity index (χ0) is 18.4. The molecule has 0 aromatic heterocycles. The summed E-state index contributed by atoms with van der Waals surface area (Å²) in [4.78, 5) is 0. The Kier molecular flexibility index (Phi) is 8.59. The second-order valence-electron chi connectivity index (χ2n) is 7.96. The lowest BCUT2D eigenvalue weighted by molar-refractivity contribution is 0.246. The van der Waals surface area contributed by atoms with Crippen molar-refractivity contribution in [2.24, 2.45) is 11.3 Å². The molecule has 0 unspecified atom stereocenters. The number of rotatable bonds is 5. The zero-order valence-corrected chi connectivity index (χ0v) is 17.1. The van der Waals surface area contributed by atoms with Crippen LogP contribution < -0.4 is 0 Å². The third-order valence-corrected chi connectivity index (χ3v) is 5.07. The molecule has 0 spiro atoms. The molecule has 23 heavy (non-hydrogen) atoms. The summed E-state index contributed by atoms with van der Waals surface area (Å²) in [5.74, 6) is 0.741. The van der Waals surface area contributed by atoms with Gasteiger partial charge in [0.1, 0.15) is 0 Å². The summed E-state index contributed by atoms with van der Waals surface area (Å²) < 4.78 is 0. The molecule has 0 saturated heterocycles. The molecule has 0 aliphatic heterocycles. The van der Waals surface area contributed by atoms with Crippen LogP contribution in [0.5, 0.6) is 0 Å². The number of allylic oxidation sites excluding steroid dienone is 2. The Hall–Kier alpha value is -1.30. The lowest BCUT2D eigenvalue weighted by Gasteiger charge is -2.29. The maximum absolute atomic E-state index is 4.04. The van der Waals surface area contributed by atoms with Gasteiger partial charge >= 0.3 is 0 Å². The highest BCUT2D eigenvalue weighted by Crippen LogP contribution is 2.33. The predicted octanol–water partition coefficient (Wildman–Crippen LogP) is 7.67. The average molecular weight is 315 g/mol. The van der Waals surface area contributed by atoms with E-state index in [9.17, 15) is 0 Å². The van der Waals surface area contributed by atoms with Gasteiger partial charge < -0.3 is 0 Å². The second-order valence-corrected chi connectivity index (χ2v) is 7.96. The summed E-state index contributed by atoms with van der Waals surface area (Å²) in [6.45, 7) is 27.8. The first-order valence-electron chi connectivity index (χ1n) is 8.82. The van der Waals surface area contributed by atoms with Crippen LogP contribution in [-0.2, 0) is 0 Å². The van der Waals surface area contributed by atoms with E-state index < -0.39 is 0 Å². The van der Waals surface area contributed by atoms with Crippen molar-refractivity contribution in [3.63, 3.8) is 0 Å². The van der Waals surface area contributed by atoms with Crippen LogP contribution in [0.15, 0.2) is 30.9 Å². The SMILES string of the molecule is C=C(C)c1cc(C)c(C)cc1C.C=C(CC)CC(C)(C)C(C)C. The van der Waals surface area contributed by atoms with Crippen LogP contribution in [0.1, 0.15) is 76.6 Å². The van der Waals surface area contributed by atoms with Gasteiger partial charge in [-0.2, -0.15) is 0 Å². The van der Waals surface area contributed by atoms with Crippen molar-refractivity contribution in [3.05, 3.63) is 53.1 Å². The van der Waals surface area contributed by atoms with E-state index in [0.717, 1.165) is 17.9 Å². The van der Waals surface area contributed by atoms with Gasteiger partial charge in [0, 0.05) is 0 Å². The Morgan fingerprint density at radius 3 is 1.87 bits per heavy atom. The Labute approximate surface area is 145 Å². The molecule has 0 heteroatoms. The van der Waals surface area contributed by atoms with Crippen LogP contribution in [0.4, 0.5) is 0 Å². The minimum atomic E-state index is 0.424. The quantitative estimate of drug-likeness (QED) is 0.489. The minimum absolute atomic E-state index is 0.424. The van der Waals surface area contributed by atoms with Gasteiger partial charge in [-0.05, 0) is 74.1 Å². The maximum atomic E-state index is 4.04. The van der Waals surface area contributed by atoms with Crippen LogP contribution in [0.25, 0.3) is 5.57 Å². The molecule has 1 aromatic carbocycles. The van der Waals surface area contributed by atoms with Crippen molar-refractivity contribution in [1.29, 1.82) is 0 Å². The topological polar surface area (TPSA) is 0 Å². The number of benzene rings is 1. The molecule has 0 nitrogen and oxygen atoms in total. The fourth-order valence-corrected chi connectivity index (χ4v) is 2.39.